The fraction of sp³-hybridized carbons (Fsp3) is 1.00. The van der Waals surface area contributed by atoms with Crippen LogP contribution in [-0.2, 0) is 0 Å². The van der Waals surface area contributed by atoms with Crippen molar-refractivity contribution in [2.24, 2.45) is 29.4 Å². The Labute approximate surface area is 82.1 Å². The maximum Gasteiger partial charge on any atom is 0.0101 e. The van der Waals surface area contributed by atoms with Gasteiger partial charge in [0.05, 0.1) is 0 Å². The van der Waals surface area contributed by atoms with Crippen molar-refractivity contribution < 1.29 is 0 Å². The van der Waals surface area contributed by atoms with E-state index in [-0.39, 0.29) is 0 Å². The molecule has 2 bridgehead atoms. The molecule has 2 saturated carbocycles. The molecule has 0 aromatic carbocycles. The second-order valence-electron chi connectivity index (χ2n) is 4.98. The van der Waals surface area contributed by atoms with Gasteiger partial charge in [0.2, 0.25) is 0 Å². The van der Waals surface area contributed by atoms with Gasteiger partial charge in [-0.2, -0.15) is 0 Å². The second kappa shape index (κ2) is 3.61. The van der Waals surface area contributed by atoms with E-state index in [1.807, 2.05) is 0 Å². The zero-order valence-electron chi connectivity index (χ0n) is 9.00. The summed E-state index contributed by atoms with van der Waals surface area (Å²) in [4.78, 5) is 0. The van der Waals surface area contributed by atoms with E-state index in [2.05, 4.69) is 13.8 Å². The molecular weight excluding hydrogens is 158 g/mol. The average molecular weight is 181 g/mol. The maximum absolute atomic E-state index is 6.32. The van der Waals surface area contributed by atoms with Crippen LogP contribution in [0.15, 0.2) is 0 Å². The van der Waals surface area contributed by atoms with Crippen LogP contribution in [-0.4, -0.2) is 6.04 Å². The molecule has 2 rings (SSSR count). The molecule has 13 heavy (non-hydrogen) atoms. The summed E-state index contributed by atoms with van der Waals surface area (Å²) in [6, 6.07) is 0.545. The Kier molecular flexibility index (Phi) is 2.64. The van der Waals surface area contributed by atoms with Crippen molar-refractivity contribution in [1.29, 1.82) is 0 Å². The van der Waals surface area contributed by atoms with E-state index in [4.69, 9.17) is 5.73 Å². The van der Waals surface area contributed by atoms with E-state index in [9.17, 15) is 0 Å². The minimum atomic E-state index is 0.545. The van der Waals surface area contributed by atoms with Gasteiger partial charge < -0.3 is 5.73 Å². The fourth-order valence-corrected chi connectivity index (χ4v) is 4.14. The summed E-state index contributed by atoms with van der Waals surface area (Å²) in [5.74, 6) is 3.64. The monoisotopic (exact) mass is 181 g/mol. The topological polar surface area (TPSA) is 26.0 Å². The molecule has 0 radical (unpaired) electrons. The molecule has 2 aliphatic rings. The van der Waals surface area contributed by atoms with Crippen molar-refractivity contribution in [2.45, 2.75) is 52.0 Å². The van der Waals surface area contributed by atoms with E-state index >= 15 is 0 Å². The summed E-state index contributed by atoms with van der Waals surface area (Å²) in [7, 11) is 0. The Balaban J connectivity index is 2.18. The van der Waals surface area contributed by atoms with E-state index in [0.29, 0.717) is 6.04 Å². The summed E-state index contributed by atoms with van der Waals surface area (Å²) in [6.45, 7) is 4.70. The van der Waals surface area contributed by atoms with Gasteiger partial charge in [0, 0.05) is 6.04 Å². The molecular formula is C12H23N. The first-order valence-electron chi connectivity index (χ1n) is 6.05. The highest BCUT2D eigenvalue weighted by atomic mass is 14.7. The van der Waals surface area contributed by atoms with Crippen LogP contribution >= 0.6 is 0 Å². The van der Waals surface area contributed by atoms with Crippen LogP contribution in [0.5, 0.6) is 0 Å². The number of rotatable bonds is 2. The van der Waals surface area contributed by atoms with Crippen LogP contribution in [0.2, 0.25) is 0 Å². The Bertz CT molecular complexity index is 160. The van der Waals surface area contributed by atoms with Gasteiger partial charge in [0.25, 0.3) is 0 Å². The van der Waals surface area contributed by atoms with E-state index in [1.54, 1.807) is 0 Å². The van der Waals surface area contributed by atoms with Crippen LogP contribution < -0.4 is 5.73 Å². The van der Waals surface area contributed by atoms with Crippen molar-refractivity contribution in [3.05, 3.63) is 0 Å². The minimum absolute atomic E-state index is 0.545. The van der Waals surface area contributed by atoms with Crippen molar-refractivity contribution in [3.63, 3.8) is 0 Å². The van der Waals surface area contributed by atoms with Gasteiger partial charge in [-0.05, 0) is 36.5 Å². The highest BCUT2D eigenvalue weighted by Crippen LogP contribution is 2.51. The summed E-state index contributed by atoms with van der Waals surface area (Å²) in [6.07, 6.45) is 6.97. The van der Waals surface area contributed by atoms with Gasteiger partial charge in [-0.3, -0.25) is 0 Å². The van der Waals surface area contributed by atoms with Crippen molar-refractivity contribution >= 4 is 0 Å². The number of hydrogen-bond donors (Lipinski definition) is 1. The molecule has 0 aliphatic heterocycles. The van der Waals surface area contributed by atoms with Crippen LogP contribution in [0.25, 0.3) is 0 Å². The number of fused-ring (bicyclic) bond motifs is 2. The SMILES string of the molecule is CC[C@@H]1[C@H](CC)[C@@H]2CCC[C@H]1C2N. The summed E-state index contributed by atoms with van der Waals surface area (Å²) in [5.41, 5.74) is 6.32. The Morgan fingerprint density at radius 2 is 1.46 bits per heavy atom. The van der Waals surface area contributed by atoms with Crippen LogP contribution in [0, 0.1) is 23.7 Å². The van der Waals surface area contributed by atoms with Crippen molar-refractivity contribution in [1.82, 2.24) is 0 Å². The molecule has 1 nitrogen and oxygen atoms in total. The summed E-state index contributed by atoms with van der Waals surface area (Å²) >= 11 is 0. The Hall–Kier alpha value is -0.0400. The average Bonchev–Trinajstić information content (AvgIpc) is 2.34. The second-order valence-corrected chi connectivity index (χ2v) is 4.98. The van der Waals surface area contributed by atoms with Crippen LogP contribution in [0.1, 0.15) is 46.0 Å². The zero-order chi connectivity index (χ0) is 9.42. The summed E-state index contributed by atoms with van der Waals surface area (Å²) in [5, 5.41) is 0. The van der Waals surface area contributed by atoms with Gasteiger partial charge >= 0.3 is 0 Å². The lowest BCUT2D eigenvalue weighted by Crippen LogP contribution is -2.36. The quantitative estimate of drug-likeness (QED) is 0.696. The fourth-order valence-electron chi connectivity index (χ4n) is 4.14. The third kappa shape index (κ3) is 1.32. The first-order chi connectivity index (χ1) is 6.29. The number of nitrogens with two attached hydrogens (primary N) is 1. The van der Waals surface area contributed by atoms with E-state index in [0.717, 1.165) is 23.7 Å². The highest BCUT2D eigenvalue weighted by Gasteiger charge is 2.48. The zero-order valence-corrected chi connectivity index (χ0v) is 9.00. The van der Waals surface area contributed by atoms with Gasteiger partial charge in [-0.15, -0.1) is 0 Å². The van der Waals surface area contributed by atoms with Gasteiger partial charge in [0.15, 0.2) is 0 Å². The number of hydrogen-bond acceptors (Lipinski definition) is 1. The molecule has 2 aliphatic carbocycles. The minimum Gasteiger partial charge on any atom is -0.327 e. The van der Waals surface area contributed by atoms with Crippen LogP contribution in [0.4, 0.5) is 0 Å². The molecule has 0 heterocycles. The van der Waals surface area contributed by atoms with Crippen LogP contribution in [0.3, 0.4) is 0 Å². The highest BCUT2D eigenvalue weighted by molar-refractivity contribution is 5.00. The first kappa shape index (κ1) is 9.51. The van der Waals surface area contributed by atoms with Crippen molar-refractivity contribution in [3.8, 4) is 0 Å². The molecule has 0 aromatic rings. The predicted molar refractivity (Wildman–Crippen MR) is 56.4 cm³/mol. The third-order valence-electron chi connectivity index (χ3n) is 4.66. The molecule has 5 atom stereocenters. The molecule has 2 N–H and O–H groups in total. The molecule has 0 saturated heterocycles. The van der Waals surface area contributed by atoms with E-state index < -0.39 is 0 Å². The Morgan fingerprint density at radius 1 is 1.00 bits per heavy atom. The molecule has 76 valence electrons. The molecule has 2 fully saturated rings. The first-order valence-corrected chi connectivity index (χ1v) is 6.05. The predicted octanol–water partition coefficient (Wildman–Crippen LogP) is 2.80. The molecule has 0 aromatic heterocycles. The lowest BCUT2D eigenvalue weighted by Gasteiger charge is -2.28. The molecule has 0 spiro atoms. The summed E-state index contributed by atoms with van der Waals surface area (Å²) < 4.78 is 0. The smallest absolute Gasteiger partial charge is 0.0101 e. The lowest BCUT2D eigenvalue weighted by atomic mass is 9.82. The standard InChI is InChI=1S/C12H23N/c1-3-8-9(4-2)11-7-5-6-10(8)12(11)13/h8-12H,3-7,13H2,1-2H3/t8-,9+,10-,11+,12?. The Morgan fingerprint density at radius 3 is 1.85 bits per heavy atom. The van der Waals surface area contributed by atoms with Gasteiger partial charge in [-0.25, -0.2) is 0 Å². The third-order valence-corrected chi connectivity index (χ3v) is 4.66. The van der Waals surface area contributed by atoms with E-state index in [1.165, 1.54) is 32.1 Å². The maximum atomic E-state index is 6.32. The molecule has 1 heteroatoms. The molecule has 0 amide bonds. The van der Waals surface area contributed by atoms with Gasteiger partial charge in [-0.1, -0.05) is 33.1 Å². The van der Waals surface area contributed by atoms with Crippen molar-refractivity contribution in [2.75, 3.05) is 0 Å². The molecule has 1 unspecified atom stereocenters. The van der Waals surface area contributed by atoms with Gasteiger partial charge in [0.1, 0.15) is 0 Å². The normalized spacial score (nSPS) is 49.6. The lowest BCUT2D eigenvalue weighted by molar-refractivity contribution is 0.275. The largest absolute Gasteiger partial charge is 0.327 e.